The first kappa shape index (κ1) is 17.4. The minimum Gasteiger partial charge on any atom is -0.490 e. The van der Waals surface area contributed by atoms with Crippen LogP contribution in [0.15, 0.2) is 24.4 Å². The first-order chi connectivity index (χ1) is 11.3. The van der Waals surface area contributed by atoms with E-state index in [0.29, 0.717) is 5.82 Å². The molecule has 9 nitrogen and oxygen atoms in total. The van der Waals surface area contributed by atoms with Crippen molar-refractivity contribution in [1.82, 2.24) is 9.55 Å². The summed E-state index contributed by atoms with van der Waals surface area (Å²) in [6, 6.07) is 4.71. The number of rotatable bonds is 7. The molecule has 0 bridgehead atoms. The third kappa shape index (κ3) is 4.07. The van der Waals surface area contributed by atoms with Gasteiger partial charge in [0.1, 0.15) is 30.2 Å². The van der Waals surface area contributed by atoms with Gasteiger partial charge in [0.25, 0.3) is 0 Å². The number of aromatic nitrogens is 2. The summed E-state index contributed by atoms with van der Waals surface area (Å²) in [6.45, 7) is 3.23. The predicted molar refractivity (Wildman–Crippen MR) is 83.3 cm³/mol. The average Bonchev–Trinajstić information content (AvgIpc) is 2.87. The third-order valence-corrected chi connectivity index (χ3v) is 3.35. The molecule has 0 spiro atoms. The minimum absolute atomic E-state index is 0.0108. The fourth-order valence-electron chi connectivity index (χ4n) is 2.17. The summed E-state index contributed by atoms with van der Waals surface area (Å²) in [4.78, 5) is 25.0. The van der Waals surface area contributed by atoms with E-state index in [1.165, 1.54) is 22.9 Å². The lowest BCUT2D eigenvalue weighted by Crippen LogP contribution is -2.24. The molecule has 0 fully saturated rings. The Morgan fingerprint density at radius 3 is 2.75 bits per heavy atom. The SMILES string of the molecule is Cc1ccc(OCC(O)Cn2cc([N+](=O)[O-])nc2C)c(C(=O)O)c1. The Hall–Kier alpha value is -2.94. The van der Waals surface area contributed by atoms with Crippen LogP contribution < -0.4 is 4.74 Å². The van der Waals surface area contributed by atoms with Crippen LogP contribution in [-0.4, -0.2) is 43.4 Å². The molecule has 1 aromatic carbocycles. The zero-order valence-corrected chi connectivity index (χ0v) is 13.2. The van der Waals surface area contributed by atoms with E-state index in [4.69, 9.17) is 9.84 Å². The molecule has 0 radical (unpaired) electrons. The fraction of sp³-hybridized carbons (Fsp3) is 0.333. The van der Waals surface area contributed by atoms with Gasteiger partial charge in [-0.1, -0.05) is 11.6 Å². The summed E-state index contributed by atoms with van der Waals surface area (Å²) in [5.74, 6) is -0.876. The van der Waals surface area contributed by atoms with Crippen LogP contribution in [0.5, 0.6) is 5.75 Å². The van der Waals surface area contributed by atoms with Crippen LogP contribution in [0.2, 0.25) is 0 Å². The van der Waals surface area contributed by atoms with Gasteiger partial charge in [-0.15, -0.1) is 0 Å². The smallest absolute Gasteiger partial charge is 0.381 e. The van der Waals surface area contributed by atoms with Crippen LogP contribution in [0.4, 0.5) is 5.82 Å². The highest BCUT2D eigenvalue weighted by atomic mass is 16.6. The van der Waals surface area contributed by atoms with Crippen LogP contribution in [0.25, 0.3) is 0 Å². The molecule has 24 heavy (non-hydrogen) atoms. The lowest BCUT2D eigenvalue weighted by Gasteiger charge is -2.14. The lowest BCUT2D eigenvalue weighted by molar-refractivity contribution is -0.389. The van der Waals surface area contributed by atoms with Crippen LogP contribution in [0.1, 0.15) is 21.7 Å². The topological polar surface area (TPSA) is 128 Å². The van der Waals surface area contributed by atoms with Gasteiger partial charge in [0.2, 0.25) is 5.82 Å². The number of aliphatic hydroxyl groups is 1. The summed E-state index contributed by atoms with van der Waals surface area (Å²) in [7, 11) is 0. The molecule has 2 N–H and O–H groups in total. The summed E-state index contributed by atoms with van der Waals surface area (Å²) in [5.41, 5.74) is 0.790. The van der Waals surface area contributed by atoms with E-state index in [1.54, 1.807) is 19.9 Å². The summed E-state index contributed by atoms with van der Waals surface area (Å²) in [6.07, 6.45) is 0.244. The number of benzene rings is 1. The van der Waals surface area contributed by atoms with Crippen molar-refractivity contribution in [2.24, 2.45) is 0 Å². The van der Waals surface area contributed by atoms with E-state index >= 15 is 0 Å². The number of carbonyl (C=O) groups is 1. The zero-order valence-electron chi connectivity index (χ0n) is 13.2. The van der Waals surface area contributed by atoms with Gasteiger partial charge in [-0.3, -0.25) is 0 Å². The lowest BCUT2D eigenvalue weighted by atomic mass is 10.1. The van der Waals surface area contributed by atoms with Crippen molar-refractivity contribution in [3.63, 3.8) is 0 Å². The largest absolute Gasteiger partial charge is 0.490 e. The second-order valence-electron chi connectivity index (χ2n) is 5.33. The third-order valence-electron chi connectivity index (χ3n) is 3.35. The Labute approximate surface area is 137 Å². The minimum atomic E-state index is -1.12. The number of imidazole rings is 1. The molecule has 2 aromatic rings. The van der Waals surface area contributed by atoms with Gasteiger partial charge in [0.15, 0.2) is 0 Å². The first-order valence-electron chi connectivity index (χ1n) is 7.11. The molecule has 0 aliphatic heterocycles. The molecule has 1 aromatic heterocycles. The quantitative estimate of drug-likeness (QED) is 0.580. The fourth-order valence-corrected chi connectivity index (χ4v) is 2.17. The summed E-state index contributed by atoms with van der Waals surface area (Å²) in [5, 5.41) is 29.9. The number of hydrogen-bond acceptors (Lipinski definition) is 6. The number of hydrogen-bond donors (Lipinski definition) is 2. The molecule has 1 unspecified atom stereocenters. The van der Waals surface area contributed by atoms with Crippen LogP contribution in [0, 0.1) is 24.0 Å². The normalized spacial score (nSPS) is 12.0. The standard InChI is InChI=1S/C15H17N3O6/c1-9-3-4-13(12(5-9)15(20)21)24-8-11(19)6-17-7-14(18(22)23)16-10(17)2/h3-5,7,11,19H,6,8H2,1-2H3,(H,20,21). The van der Waals surface area contributed by atoms with Gasteiger partial charge >= 0.3 is 11.8 Å². The highest BCUT2D eigenvalue weighted by Gasteiger charge is 2.18. The second kappa shape index (κ2) is 7.09. The van der Waals surface area contributed by atoms with E-state index in [9.17, 15) is 20.0 Å². The number of ether oxygens (including phenoxy) is 1. The Kier molecular flexibility index (Phi) is 5.14. The maximum Gasteiger partial charge on any atom is 0.381 e. The summed E-state index contributed by atoms with van der Waals surface area (Å²) < 4.78 is 6.83. The van der Waals surface area contributed by atoms with E-state index in [-0.39, 0.29) is 30.3 Å². The number of aromatic carboxylic acids is 1. The molecule has 0 aliphatic rings. The molecule has 128 valence electrons. The molecule has 0 aliphatic carbocycles. The highest BCUT2D eigenvalue weighted by molar-refractivity contribution is 5.91. The van der Waals surface area contributed by atoms with Crippen LogP contribution in [0.3, 0.4) is 0 Å². The van der Waals surface area contributed by atoms with E-state index in [2.05, 4.69) is 4.98 Å². The van der Waals surface area contributed by atoms with Crippen molar-refractivity contribution in [2.45, 2.75) is 26.5 Å². The maximum absolute atomic E-state index is 11.2. The highest BCUT2D eigenvalue weighted by Crippen LogP contribution is 2.20. The molecule has 1 atom stereocenters. The molecule has 0 amide bonds. The number of aryl methyl sites for hydroxylation is 2. The van der Waals surface area contributed by atoms with Gasteiger partial charge < -0.3 is 29.6 Å². The Bertz CT molecular complexity index is 771. The number of aliphatic hydroxyl groups excluding tert-OH is 1. The Balaban J connectivity index is 2.02. The monoisotopic (exact) mass is 335 g/mol. The average molecular weight is 335 g/mol. The number of nitro groups is 1. The van der Waals surface area contributed by atoms with Gasteiger partial charge in [-0.25, -0.2) is 4.79 Å². The van der Waals surface area contributed by atoms with Crippen molar-refractivity contribution >= 4 is 11.8 Å². The molecule has 2 rings (SSSR count). The number of nitrogens with zero attached hydrogens (tertiary/aromatic N) is 3. The molecule has 0 saturated carbocycles. The number of carboxylic acids is 1. The van der Waals surface area contributed by atoms with Gasteiger partial charge in [-0.05, 0) is 29.0 Å². The van der Waals surface area contributed by atoms with Crippen molar-refractivity contribution in [3.8, 4) is 5.75 Å². The van der Waals surface area contributed by atoms with Crippen LogP contribution >= 0.6 is 0 Å². The molecule has 0 saturated heterocycles. The Morgan fingerprint density at radius 2 is 2.17 bits per heavy atom. The molecule has 1 heterocycles. The van der Waals surface area contributed by atoms with Crippen molar-refractivity contribution in [1.29, 1.82) is 0 Å². The van der Waals surface area contributed by atoms with E-state index < -0.39 is 17.0 Å². The number of carboxylic acid groups (broad SMARTS) is 1. The van der Waals surface area contributed by atoms with Crippen molar-refractivity contribution in [2.75, 3.05) is 6.61 Å². The molecule has 9 heteroatoms. The van der Waals surface area contributed by atoms with E-state index in [0.717, 1.165) is 5.56 Å². The zero-order chi connectivity index (χ0) is 17.9. The van der Waals surface area contributed by atoms with E-state index in [1.807, 2.05) is 0 Å². The predicted octanol–water partition coefficient (Wildman–Crippen LogP) is 1.55. The Morgan fingerprint density at radius 1 is 1.46 bits per heavy atom. The van der Waals surface area contributed by atoms with Crippen LogP contribution in [-0.2, 0) is 6.54 Å². The van der Waals surface area contributed by atoms with Crippen molar-refractivity contribution < 1.29 is 24.7 Å². The second-order valence-corrected chi connectivity index (χ2v) is 5.33. The molecular formula is C15H17N3O6. The summed E-state index contributed by atoms with van der Waals surface area (Å²) >= 11 is 0. The van der Waals surface area contributed by atoms with Gasteiger partial charge in [0, 0.05) is 6.92 Å². The van der Waals surface area contributed by atoms with Gasteiger partial charge in [0.05, 0.1) is 6.54 Å². The maximum atomic E-state index is 11.2. The van der Waals surface area contributed by atoms with Gasteiger partial charge in [-0.2, -0.15) is 0 Å². The molecular weight excluding hydrogens is 318 g/mol. The first-order valence-corrected chi connectivity index (χ1v) is 7.11. The van der Waals surface area contributed by atoms with Crippen molar-refractivity contribution in [3.05, 3.63) is 51.5 Å².